The molecule has 7 nitrogen and oxygen atoms in total. The first-order chi connectivity index (χ1) is 14.4. The Labute approximate surface area is 170 Å². The topological polar surface area (TPSA) is 83.8 Å². The molecule has 0 saturated carbocycles. The van der Waals surface area contributed by atoms with Gasteiger partial charge in [-0.05, 0) is 49.1 Å². The van der Waals surface area contributed by atoms with E-state index in [1.165, 1.54) is 24.3 Å². The van der Waals surface area contributed by atoms with Crippen molar-refractivity contribution in [1.29, 1.82) is 0 Å². The van der Waals surface area contributed by atoms with Gasteiger partial charge in [0.15, 0.2) is 0 Å². The molecule has 0 spiro atoms. The van der Waals surface area contributed by atoms with Crippen LogP contribution in [0.25, 0.3) is 5.57 Å². The summed E-state index contributed by atoms with van der Waals surface area (Å²) in [7, 11) is 0. The number of nitrogens with zero attached hydrogens (tertiary/aromatic N) is 3. The lowest BCUT2D eigenvalue weighted by Crippen LogP contribution is -2.37. The van der Waals surface area contributed by atoms with Gasteiger partial charge in [-0.15, -0.1) is 0 Å². The van der Waals surface area contributed by atoms with Crippen molar-refractivity contribution < 1.29 is 23.3 Å². The quantitative estimate of drug-likeness (QED) is 0.434. The standard InChI is InChI=1S/C21H17F2N3O4/c22-14-6-9-17(16(23)12-14)25-20(27)18(13-4-7-15(8-5-13)26(29)30)19(21(25)28)24-10-2-1-3-11-24/h4-9,12H,1-3,10-11H2. The van der Waals surface area contributed by atoms with Crippen LogP contribution in [0.4, 0.5) is 20.2 Å². The van der Waals surface area contributed by atoms with Gasteiger partial charge >= 0.3 is 0 Å². The Bertz CT molecular complexity index is 1080. The van der Waals surface area contributed by atoms with Gasteiger partial charge < -0.3 is 4.90 Å². The summed E-state index contributed by atoms with van der Waals surface area (Å²) < 4.78 is 27.7. The van der Waals surface area contributed by atoms with E-state index in [2.05, 4.69) is 0 Å². The zero-order valence-electron chi connectivity index (χ0n) is 15.8. The number of likely N-dealkylation sites (tertiary alicyclic amines) is 1. The minimum absolute atomic E-state index is 0.0560. The van der Waals surface area contributed by atoms with Crippen LogP contribution in [-0.4, -0.2) is 34.7 Å². The molecule has 0 N–H and O–H groups in total. The molecule has 2 aliphatic heterocycles. The Morgan fingerprint density at radius 3 is 2.17 bits per heavy atom. The number of halogens is 2. The average Bonchev–Trinajstić information content (AvgIpc) is 2.99. The maximum atomic E-state index is 14.4. The van der Waals surface area contributed by atoms with Crippen molar-refractivity contribution >= 4 is 28.8 Å². The van der Waals surface area contributed by atoms with Crippen LogP contribution in [0.2, 0.25) is 0 Å². The Hall–Kier alpha value is -3.62. The molecular formula is C21H17F2N3O4. The highest BCUT2D eigenvalue weighted by Crippen LogP contribution is 2.37. The van der Waals surface area contributed by atoms with Crippen molar-refractivity contribution in [3.63, 3.8) is 0 Å². The third-order valence-electron chi connectivity index (χ3n) is 5.25. The summed E-state index contributed by atoms with van der Waals surface area (Å²) in [4.78, 5) is 39.4. The van der Waals surface area contributed by atoms with Crippen LogP contribution in [0, 0.1) is 21.7 Å². The number of rotatable bonds is 4. The average molecular weight is 413 g/mol. The molecule has 9 heteroatoms. The van der Waals surface area contributed by atoms with Gasteiger partial charge in [-0.3, -0.25) is 19.7 Å². The Kier molecular flexibility index (Phi) is 5.03. The molecule has 30 heavy (non-hydrogen) atoms. The van der Waals surface area contributed by atoms with Gasteiger partial charge in [0.2, 0.25) is 0 Å². The smallest absolute Gasteiger partial charge is 0.282 e. The molecule has 0 atom stereocenters. The highest BCUT2D eigenvalue weighted by molar-refractivity contribution is 6.45. The van der Waals surface area contributed by atoms with Gasteiger partial charge in [-0.1, -0.05) is 0 Å². The molecule has 0 bridgehead atoms. The number of non-ortho nitro benzene ring substituents is 1. The molecule has 2 aromatic carbocycles. The van der Waals surface area contributed by atoms with Crippen LogP contribution in [0.3, 0.4) is 0 Å². The SMILES string of the molecule is O=C1C(c2ccc([N+](=O)[O-])cc2)=C(N2CCCCC2)C(=O)N1c1ccc(F)cc1F. The maximum absolute atomic E-state index is 14.4. The van der Waals surface area contributed by atoms with Crippen LogP contribution in [0.1, 0.15) is 24.8 Å². The van der Waals surface area contributed by atoms with Crippen molar-refractivity contribution in [3.8, 4) is 0 Å². The van der Waals surface area contributed by atoms with Gasteiger partial charge in [-0.25, -0.2) is 13.7 Å². The van der Waals surface area contributed by atoms with E-state index in [1.54, 1.807) is 4.90 Å². The van der Waals surface area contributed by atoms with Crippen molar-refractivity contribution in [2.45, 2.75) is 19.3 Å². The van der Waals surface area contributed by atoms with Gasteiger partial charge in [0.1, 0.15) is 17.3 Å². The normalized spacial score (nSPS) is 17.1. The summed E-state index contributed by atoms with van der Waals surface area (Å²) >= 11 is 0. The van der Waals surface area contributed by atoms with E-state index < -0.39 is 28.4 Å². The first-order valence-electron chi connectivity index (χ1n) is 9.46. The number of amides is 2. The number of carbonyl (C=O) groups excluding carboxylic acids is 2. The van der Waals surface area contributed by atoms with E-state index in [0.717, 1.165) is 31.4 Å². The zero-order chi connectivity index (χ0) is 21.4. The highest BCUT2D eigenvalue weighted by atomic mass is 19.1. The van der Waals surface area contributed by atoms with Crippen molar-refractivity contribution in [3.05, 3.63) is 75.5 Å². The summed E-state index contributed by atoms with van der Waals surface area (Å²) in [5.74, 6) is -3.30. The maximum Gasteiger partial charge on any atom is 0.282 e. The van der Waals surface area contributed by atoms with Gasteiger partial charge in [-0.2, -0.15) is 0 Å². The minimum Gasteiger partial charge on any atom is -0.366 e. The fourth-order valence-electron chi connectivity index (χ4n) is 3.82. The first-order valence-corrected chi connectivity index (χ1v) is 9.46. The fraction of sp³-hybridized carbons (Fsp3) is 0.238. The molecule has 2 aromatic rings. The lowest BCUT2D eigenvalue weighted by molar-refractivity contribution is -0.384. The number of piperidine rings is 1. The first kappa shape index (κ1) is 19.7. The number of nitro groups is 1. The van der Waals surface area contributed by atoms with Crippen LogP contribution >= 0.6 is 0 Å². The minimum atomic E-state index is -1.03. The van der Waals surface area contributed by atoms with Gasteiger partial charge in [0.05, 0.1) is 16.2 Å². The number of anilines is 1. The van der Waals surface area contributed by atoms with Crippen LogP contribution in [0.5, 0.6) is 0 Å². The molecule has 154 valence electrons. The number of benzene rings is 2. The molecule has 2 heterocycles. The van der Waals surface area contributed by atoms with E-state index in [1.807, 2.05) is 0 Å². The van der Waals surface area contributed by atoms with E-state index in [0.29, 0.717) is 29.6 Å². The second kappa shape index (κ2) is 7.66. The summed E-state index contributed by atoms with van der Waals surface area (Å²) in [6, 6.07) is 7.92. The van der Waals surface area contributed by atoms with Crippen molar-refractivity contribution in [2.24, 2.45) is 0 Å². The lowest BCUT2D eigenvalue weighted by Gasteiger charge is -2.29. The van der Waals surface area contributed by atoms with Crippen LogP contribution in [-0.2, 0) is 9.59 Å². The lowest BCUT2D eigenvalue weighted by atomic mass is 10.0. The van der Waals surface area contributed by atoms with E-state index in [9.17, 15) is 28.5 Å². The molecule has 0 unspecified atom stereocenters. The van der Waals surface area contributed by atoms with Gasteiger partial charge in [0, 0.05) is 31.3 Å². The number of imide groups is 1. The molecule has 1 saturated heterocycles. The highest BCUT2D eigenvalue weighted by Gasteiger charge is 2.43. The molecule has 2 amide bonds. The third-order valence-corrected chi connectivity index (χ3v) is 5.25. The third kappa shape index (κ3) is 3.32. The molecule has 4 rings (SSSR count). The second-order valence-corrected chi connectivity index (χ2v) is 7.12. The molecule has 0 aliphatic carbocycles. The second-order valence-electron chi connectivity index (χ2n) is 7.12. The van der Waals surface area contributed by atoms with E-state index in [-0.39, 0.29) is 22.6 Å². The predicted octanol–water partition coefficient (Wildman–Crippen LogP) is 3.64. The van der Waals surface area contributed by atoms with Crippen molar-refractivity contribution in [1.82, 2.24) is 4.90 Å². The Morgan fingerprint density at radius 1 is 0.900 bits per heavy atom. The van der Waals surface area contributed by atoms with E-state index >= 15 is 0 Å². The molecular weight excluding hydrogens is 396 g/mol. The largest absolute Gasteiger partial charge is 0.366 e. The number of hydrogen-bond acceptors (Lipinski definition) is 5. The predicted molar refractivity (Wildman–Crippen MR) is 104 cm³/mol. The molecule has 0 aromatic heterocycles. The van der Waals surface area contributed by atoms with Gasteiger partial charge in [0.25, 0.3) is 17.5 Å². The van der Waals surface area contributed by atoms with Crippen molar-refractivity contribution in [2.75, 3.05) is 18.0 Å². The summed E-state index contributed by atoms with van der Waals surface area (Å²) in [6.07, 6.45) is 2.67. The number of hydrogen-bond donors (Lipinski definition) is 0. The fourth-order valence-corrected chi connectivity index (χ4v) is 3.82. The molecule has 1 fully saturated rings. The van der Waals surface area contributed by atoms with Crippen LogP contribution in [0.15, 0.2) is 48.2 Å². The summed E-state index contributed by atoms with van der Waals surface area (Å²) in [5, 5.41) is 10.9. The molecule has 0 radical (unpaired) electrons. The Morgan fingerprint density at radius 2 is 1.57 bits per heavy atom. The summed E-state index contributed by atoms with van der Waals surface area (Å²) in [5.41, 5.74) is 0.0252. The number of nitro benzene ring substituents is 1. The Balaban J connectivity index is 1.83. The summed E-state index contributed by atoms with van der Waals surface area (Å²) in [6.45, 7) is 1.12. The zero-order valence-corrected chi connectivity index (χ0v) is 15.8. The molecule has 2 aliphatic rings. The van der Waals surface area contributed by atoms with E-state index in [4.69, 9.17) is 0 Å². The monoisotopic (exact) mass is 413 g/mol. The van der Waals surface area contributed by atoms with Crippen LogP contribution < -0.4 is 4.90 Å². The number of carbonyl (C=O) groups is 2.